The lowest BCUT2D eigenvalue weighted by Crippen LogP contribution is -2.43. The summed E-state index contributed by atoms with van der Waals surface area (Å²) in [5.41, 5.74) is 1.28. The molecule has 0 spiro atoms. The second-order valence-electron chi connectivity index (χ2n) is 8.40. The average molecular weight is 365 g/mol. The van der Waals surface area contributed by atoms with Gasteiger partial charge in [-0.05, 0) is 68.4 Å². The van der Waals surface area contributed by atoms with E-state index in [2.05, 4.69) is 52.9 Å². The fourth-order valence-electron chi connectivity index (χ4n) is 2.47. The summed E-state index contributed by atoms with van der Waals surface area (Å²) in [7, 11) is -1.71. The highest BCUT2D eigenvalue weighted by Gasteiger charge is 2.38. The molecule has 0 heterocycles. The van der Waals surface area contributed by atoms with Gasteiger partial charge in [-0.25, -0.2) is 0 Å². The lowest BCUT2D eigenvalue weighted by Gasteiger charge is -2.38. The van der Waals surface area contributed by atoms with Gasteiger partial charge in [0.15, 0.2) is 8.32 Å². The van der Waals surface area contributed by atoms with Gasteiger partial charge in [0, 0.05) is 12.5 Å². The third kappa shape index (κ3) is 8.19. The second kappa shape index (κ2) is 10.1. The molecule has 3 nitrogen and oxygen atoms in total. The van der Waals surface area contributed by atoms with Crippen LogP contribution in [-0.4, -0.2) is 27.3 Å². The molecule has 1 aromatic carbocycles. The molecule has 142 valence electrons. The Kier molecular flexibility index (Phi) is 8.87. The zero-order chi connectivity index (χ0) is 18.9. The van der Waals surface area contributed by atoms with Crippen LogP contribution >= 0.6 is 0 Å². The van der Waals surface area contributed by atoms with E-state index in [0.29, 0.717) is 13.0 Å². The smallest absolute Gasteiger partial charge is 0.192 e. The van der Waals surface area contributed by atoms with Crippen LogP contribution in [0, 0.1) is 0 Å². The van der Waals surface area contributed by atoms with E-state index in [0.717, 1.165) is 37.7 Å². The molecule has 0 aliphatic carbocycles. The van der Waals surface area contributed by atoms with Crippen LogP contribution in [-0.2, 0) is 15.6 Å². The average Bonchev–Trinajstić information content (AvgIpc) is 2.50. The molecule has 0 bridgehead atoms. The summed E-state index contributed by atoms with van der Waals surface area (Å²) in [6.45, 7) is 14.3. The van der Waals surface area contributed by atoms with Gasteiger partial charge in [0.2, 0.25) is 0 Å². The van der Waals surface area contributed by atoms with Crippen molar-refractivity contribution in [3.63, 3.8) is 0 Å². The van der Waals surface area contributed by atoms with Gasteiger partial charge in [-0.3, -0.25) is 0 Å². The highest BCUT2D eigenvalue weighted by atomic mass is 28.4. The molecular formula is C21H36O3Si. The van der Waals surface area contributed by atoms with Crippen LogP contribution < -0.4 is 4.74 Å². The predicted molar refractivity (Wildman–Crippen MR) is 108 cm³/mol. The standard InChI is InChI=1S/C21H36O3Si/c1-18(24-25(5,6)21(2,3)4)17-19-11-13-20(14-12-19)23-16-10-8-7-9-15-22/h11-15,18H,7-10,16-17H2,1-6H3. The molecule has 0 aliphatic rings. The van der Waals surface area contributed by atoms with Gasteiger partial charge >= 0.3 is 0 Å². The molecule has 1 unspecified atom stereocenters. The van der Waals surface area contributed by atoms with Crippen LogP contribution in [0.15, 0.2) is 24.3 Å². The monoisotopic (exact) mass is 364 g/mol. The molecule has 0 saturated carbocycles. The Labute approximate surface area is 155 Å². The first-order valence-corrected chi connectivity index (χ1v) is 12.4. The van der Waals surface area contributed by atoms with Crippen molar-refractivity contribution in [1.29, 1.82) is 0 Å². The lowest BCUT2D eigenvalue weighted by molar-refractivity contribution is -0.107. The van der Waals surface area contributed by atoms with E-state index in [9.17, 15) is 4.79 Å². The van der Waals surface area contributed by atoms with Crippen LogP contribution in [0.3, 0.4) is 0 Å². The number of aldehydes is 1. The third-order valence-corrected chi connectivity index (χ3v) is 9.59. The van der Waals surface area contributed by atoms with E-state index in [1.54, 1.807) is 0 Å². The minimum atomic E-state index is -1.71. The molecule has 1 aromatic rings. The first-order valence-electron chi connectivity index (χ1n) is 9.49. The number of ether oxygens (including phenoxy) is 1. The van der Waals surface area contributed by atoms with Gasteiger partial charge < -0.3 is 14.0 Å². The summed E-state index contributed by atoms with van der Waals surface area (Å²) in [4.78, 5) is 10.3. The molecule has 1 atom stereocenters. The van der Waals surface area contributed by atoms with E-state index in [1.165, 1.54) is 5.56 Å². The zero-order valence-electron chi connectivity index (χ0n) is 16.9. The van der Waals surface area contributed by atoms with E-state index < -0.39 is 8.32 Å². The highest BCUT2D eigenvalue weighted by Crippen LogP contribution is 2.37. The zero-order valence-corrected chi connectivity index (χ0v) is 17.9. The summed E-state index contributed by atoms with van der Waals surface area (Å²) in [6, 6.07) is 8.35. The molecule has 25 heavy (non-hydrogen) atoms. The lowest BCUT2D eigenvalue weighted by atomic mass is 10.1. The van der Waals surface area contributed by atoms with Crippen LogP contribution in [0.2, 0.25) is 18.1 Å². The Bertz CT molecular complexity index is 503. The van der Waals surface area contributed by atoms with Gasteiger partial charge in [0.25, 0.3) is 0 Å². The second-order valence-corrected chi connectivity index (χ2v) is 13.2. The van der Waals surface area contributed by atoms with E-state index in [-0.39, 0.29) is 11.1 Å². The Morgan fingerprint density at radius 3 is 2.28 bits per heavy atom. The summed E-state index contributed by atoms with van der Waals surface area (Å²) in [6.07, 6.45) is 5.78. The Balaban J connectivity index is 2.39. The summed E-state index contributed by atoms with van der Waals surface area (Å²) < 4.78 is 12.2. The molecule has 4 heteroatoms. The molecule has 0 N–H and O–H groups in total. The quantitative estimate of drug-likeness (QED) is 0.284. The van der Waals surface area contributed by atoms with Crippen LogP contribution in [0.1, 0.15) is 58.9 Å². The molecule has 1 rings (SSSR count). The fraction of sp³-hybridized carbons (Fsp3) is 0.667. The van der Waals surface area contributed by atoms with Crippen molar-refractivity contribution in [2.24, 2.45) is 0 Å². The molecule has 0 aliphatic heterocycles. The Morgan fingerprint density at radius 2 is 1.72 bits per heavy atom. The van der Waals surface area contributed by atoms with Crippen molar-refractivity contribution >= 4 is 14.6 Å². The van der Waals surface area contributed by atoms with E-state index in [1.807, 2.05) is 12.1 Å². The maximum absolute atomic E-state index is 10.3. The maximum Gasteiger partial charge on any atom is 0.192 e. The SMILES string of the molecule is CC(Cc1ccc(OCCCCCC=O)cc1)O[Si](C)(C)C(C)(C)C. The number of hydrogen-bond acceptors (Lipinski definition) is 3. The third-order valence-electron chi connectivity index (χ3n) is 4.98. The largest absolute Gasteiger partial charge is 0.494 e. The summed E-state index contributed by atoms with van der Waals surface area (Å²) in [5.74, 6) is 0.914. The van der Waals surface area contributed by atoms with E-state index >= 15 is 0 Å². The molecule has 0 radical (unpaired) electrons. The number of hydrogen-bond donors (Lipinski definition) is 0. The minimum Gasteiger partial charge on any atom is -0.494 e. The van der Waals surface area contributed by atoms with Gasteiger partial charge in [-0.1, -0.05) is 32.9 Å². The van der Waals surface area contributed by atoms with Gasteiger partial charge in [-0.2, -0.15) is 0 Å². The molecule has 0 saturated heterocycles. The van der Waals surface area contributed by atoms with Crippen molar-refractivity contribution < 1.29 is 14.0 Å². The van der Waals surface area contributed by atoms with Crippen molar-refractivity contribution in [3.05, 3.63) is 29.8 Å². The van der Waals surface area contributed by atoms with Gasteiger partial charge in [0.05, 0.1) is 6.61 Å². The topological polar surface area (TPSA) is 35.5 Å². The van der Waals surface area contributed by atoms with Gasteiger partial charge in [0.1, 0.15) is 12.0 Å². The number of carbonyl (C=O) groups excluding carboxylic acids is 1. The number of carbonyl (C=O) groups is 1. The summed E-state index contributed by atoms with van der Waals surface area (Å²) in [5, 5.41) is 0.241. The predicted octanol–water partition coefficient (Wildman–Crippen LogP) is 5.78. The number of unbranched alkanes of at least 4 members (excludes halogenated alkanes) is 3. The normalized spacial score (nSPS) is 13.5. The first kappa shape index (κ1) is 21.9. The van der Waals surface area contributed by atoms with Crippen molar-refractivity contribution in [1.82, 2.24) is 0 Å². The molecule has 0 aromatic heterocycles. The van der Waals surface area contributed by atoms with Crippen molar-refractivity contribution in [3.8, 4) is 5.75 Å². The molecular weight excluding hydrogens is 328 g/mol. The van der Waals surface area contributed by atoms with Crippen LogP contribution in [0.4, 0.5) is 0 Å². The Morgan fingerprint density at radius 1 is 1.08 bits per heavy atom. The van der Waals surface area contributed by atoms with Crippen LogP contribution in [0.5, 0.6) is 5.75 Å². The maximum atomic E-state index is 10.3. The highest BCUT2D eigenvalue weighted by molar-refractivity contribution is 6.74. The Hall–Kier alpha value is -1.13. The minimum absolute atomic E-state index is 0.227. The van der Waals surface area contributed by atoms with E-state index in [4.69, 9.17) is 9.16 Å². The van der Waals surface area contributed by atoms with Crippen LogP contribution in [0.25, 0.3) is 0 Å². The molecule has 0 amide bonds. The first-order chi connectivity index (χ1) is 11.7. The summed E-state index contributed by atoms with van der Waals surface area (Å²) >= 11 is 0. The number of benzene rings is 1. The van der Waals surface area contributed by atoms with Crippen molar-refractivity contribution in [2.45, 2.75) is 84.0 Å². The number of rotatable bonds is 11. The molecule has 0 fully saturated rings. The van der Waals surface area contributed by atoms with Gasteiger partial charge in [-0.15, -0.1) is 0 Å². The fourth-order valence-corrected chi connectivity index (χ4v) is 3.91. The van der Waals surface area contributed by atoms with Crippen molar-refractivity contribution in [2.75, 3.05) is 6.61 Å².